The van der Waals surface area contributed by atoms with E-state index in [2.05, 4.69) is 33.2 Å². The molecule has 1 aliphatic rings. The lowest BCUT2D eigenvalue weighted by molar-refractivity contribution is 0.599. The van der Waals surface area contributed by atoms with Gasteiger partial charge < -0.3 is 10.2 Å². The summed E-state index contributed by atoms with van der Waals surface area (Å²) in [6.07, 6.45) is 0.652. The van der Waals surface area contributed by atoms with E-state index in [1.807, 2.05) is 39.0 Å². The van der Waals surface area contributed by atoms with Gasteiger partial charge in [0, 0.05) is 30.0 Å². The van der Waals surface area contributed by atoms with Crippen molar-refractivity contribution >= 4 is 27.3 Å². The number of hydrogen-bond acceptors (Lipinski definition) is 6. The van der Waals surface area contributed by atoms with Gasteiger partial charge in [-0.3, -0.25) is 0 Å². The molecule has 2 heterocycles. The Bertz CT molecular complexity index is 912. The molecule has 1 aromatic carbocycles. The molecule has 3 rings (SSSR count). The summed E-state index contributed by atoms with van der Waals surface area (Å²) in [5, 5.41) is 3.30. The van der Waals surface area contributed by atoms with Crippen LogP contribution in [0.4, 0.5) is 17.5 Å². The van der Waals surface area contributed by atoms with Gasteiger partial charge in [-0.25, -0.2) is 13.4 Å². The maximum atomic E-state index is 11.9. The van der Waals surface area contributed by atoms with Crippen molar-refractivity contribution in [3.8, 4) is 0 Å². The molecule has 26 heavy (non-hydrogen) atoms. The highest BCUT2D eigenvalue weighted by Gasteiger charge is 2.32. The number of aromatic nitrogens is 2. The van der Waals surface area contributed by atoms with Crippen molar-refractivity contribution in [2.24, 2.45) is 0 Å². The molecule has 0 aliphatic carbocycles. The predicted octanol–water partition coefficient (Wildman–Crippen LogP) is 3.16. The quantitative estimate of drug-likeness (QED) is 0.866. The number of sulfone groups is 1. The normalized spacial score (nSPS) is 18.7. The smallest absolute Gasteiger partial charge is 0.229 e. The summed E-state index contributed by atoms with van der Waals surface area (Å²) in [7, 11) is -2.94. The largest absolute Gasteiger partial charge is 0.353 e. The summed E-state index contributed by atoms with van der Waals surface area (Å²) >= 11 is 0. The van der Waals surface area contributed by atoms with Gasteiger partial charge in [0.25, 0.3) is 0 Å². The first-order valence-corrected chi connectivity index (χ1v) is 10.8. The SMILES string of the molecule is CCN(c1cc(C)nc(Nc2ccc(C)cc2C)n1)C1CCS(=O)(=O)C1. The van der Waals surface area contributed by atoms with Crippen molar-refractivity contribution in [1.29, 1.82) is 0 Å². The van der Waals surface area contributed by atoms with Crippen molar-refractivity contribution < 1.29 is 8.42 Å². The zero-order valence-electron chi connectivity index (χ0n) is 15.8. The van der Waals surface area contributed by atoms with Gasteiger partial charge in [-0.05, 0) is 45.7 Å². The van der Waals surface area contributed by atoms with E-state index >= 15 is 0 Å². The fourth-order valence-electron chi connectivity index (χ4n) is 3.46. The summed E-state index contributed by atoms with van der Waals surface area (Å²) < 4.78 is 23.7. The second-order valence-corrected chi connectivity index (χ2v) is 9.21. The summed E-state index contributed by atoms with van der Waals surface area (Å²) in [6.45, 7) is 8.78. The lowest BCUT2D eigenvalue weighted by Crippen LogP contribution is -2.37. The molecule has 0 saturated carbocycles. The number of anilines is 3. The van der Waals surface area contributed by atoms with Gasteiger partial charge in [0.2, 0.25) is 5.95 Å². The molecule has 1 saturated heterocycles. The number of rotatable bonds is 5. The van der Waals surface area contributed by atoms with Gasteiger partial charge >= 0.3 is 0 Å². The van der Waals surface area contributed by atoms with Crippen molar-refractivity contribution in [3.05, 3.63) is 41.1 Å². The van der Waals surface area contributed by atoms with Crippen molar-refractivity contribution in [1.82, 2.24) is 9.97 Å². The first kappa shape index (κ1) is 18.6. The van der Waals surface area contributed by atoms with Crippen LogP contribution in [0.5, 0.6) is 0 Å². The monoisotopic (exact) mass is 374 g/mol. The molecule has 1 unspecified atom stereocenters. The number of aryl methyl sites for hydroxylation is 3. The van der Waals surface area contributed by atoms with E-state index in [-0.39, 0.29) is 17.5 Å². The van der Waals surface area contributed by atoms with Gasteiger partial charge in [0.1, 0.15) is 5.82 Å². The minimum Gasteiger partial charge on any atom is -0.353 e. The Morgan fingerprint density at radius 1 is 1.19 bits per heavy atom. The summed E-state index contributed by atoms with van der Waals surface area (Å²) in [5.74, 6) is 1.76. The Morgan fingerprint density at radius 3 is 2.58 bits per heavy atom. The minimum absolute atomic E-state index is 0.0201. The molecule has 1 N–H and O–H groups in total. The maximum absolute atomic E-state index is 11.9. The molecule has 1 aliphatic heterocycles. The van der Waals surface area contributed by atoms with Crippen LogP contribution in [0.3, 0.4) is 0 Å². The standard InChI is InChI=1S/C19H26N4O2S/c1-5-23(16-8-9-26(24,25)12-16)18-11-15(4)20-19(22-18)21-17-7-6-13(2)10-14(17)3/h6-7,10-11,16H,5,8-9,12H2,1-4H3,(H,20,21,22). The first-order chi connectivity index (χ1) is 12.3. The fourth-order valence-corrected chi connectivity index (χ4v) is 5.19. The number of nitrogens with one attached hydrogen (secondary N) is 1. The Kier molecular flexibility index (Phi) is 5.18. The average molecular weight is 375 g/mol. The van der Waals surface area contributed by atoms with E-state index in [1.54, 1.807) is 0 Å². The van der Waals surface area contributed by atoms with E-state index in [4.69, 9.17) is 0 Å². The Morgan fingerprint density at radius 2 is 1.96 bits per heavy atom. The zero-order chi connectivity index (χ0) is 18.9. The lowest BCUT2D eigenvalue weighted by atomic mass is 10.1. The Labute approximate surface area is 155 Å². The third kappa shape index (κ3) is 4.15. The third-order valence-electron chi connectivity index (χ3n) is 4.75. The molecule has 1 fully saturated rings. The second-order valence-electron chi connectivity index (χ2n) is 6.98. The van der Waals surface area contributed by atoms with Crippen LogP contribution in [-0.4, -0.2) is 42.5 Å². The van der Waals surface area contributed by atoms with E-state index in [1.165, 1.54) is 5.56 Å². The maximum Gasteiger partial charge on any atom is 0.229 e. The highest BCUT2D eigenvalue weighted by Crippen LogP contribution is 2.26. The number of hydrogen-bond donors (Lipinski definition) is 1. The van der Waals surface area contributed by atoms with Crippen molar-refractivity contribution in [3.63, 3.8) is 0 Å². The number of benzene rings is 1. The molecule has 1 aromatic heterocycles. The van der Waals surface area contributed by atoms with E-state index < -0.39 is 9.84 Å². The van der Waals surface area contributed by atoms with Gasteiger partial charge in [0.05, 0.1) is 11.5 Å². The van der Waals surface area contributed by atoms with Crippen LogP contribution < -0.4 is 10.2 Å². The van der Waals surface area contributed by atoms with Gasteiger partial charge in [-0.15, -0.1) is 0 Å². The zero-order valence-corrected chi connectivity index (χ0v) is 16.6. The van der Waals surface area contributed by atoms with Gasteiger partial charge in [-0.1, -0.05) is 17.7 Å². The van der Waals surface area contributed by atoms with Crippen LogP contribution >= 0.6 is 0 Å². The van der Waals surface area contributed by atoms with E-state index in [0.717, 1.165) is 22.8 Å². The van der Waals surface area contributed by atoms with Crippen LogP contribution in [0.1, 0.15) is 30.2 Å². The van der Waals surface area contributed by atoms with Gasteiger partial charge in [-0.2, -0.15) is 4.98 Å². The molecule has 140 valence electrons. The van der Waals surface area contributed by atoms with E-state index in [0.29, 0.717) is 18.9 Å². The molecule has 2 aromatic rings. The second kappa shape index (κ2) is 7.23. The number of nitrogens with zero attached hydrogens (tertiary/aromatic N) is 3. The lowest BCUT2D eigenvalue weighted by Gasteiger charge is -2.28. The fraction of sp³-hybridized carbons (Fsp3) is 0.474. The van der Waals surface area contributed by atoms with Crippen LogP contribution in [0.15, 0.2) is 24.3 Å². The van der Waals surface area contributed by atoms with Crippen LogP contribution in [0.25, 0.3) is 0 Å². The van der Waals surface area contributed by atoms with Crippen LogP contribution in [0.2, 0.25) is 0 Å². The van der Waals surface area contributed by atoms with Crippen molar-refractivity contribution in [2.75, 3.05) is 28.3 Å². The van der Waals surface area contributed by atoms with E-state index in [9.17, 15) is 8.42 Å². The molecule has 0 amide bonds. The highest BCUT2D eigenvalue weighted by molar-refractivity contribution is 7.91. The minimum atomic E-state index is -2.94. The summed E-state index contributed by atoms with van der Waals surface area (Å²) in [6, 6.07) is 8.08. The van der Waals surface area contributed by atoms with Crippen molar-refractivity contribution in [2.45, 2.75) is 40.2 Å². The van der Waals surface area contributed by atoms with Crippen LogP contribution in [-0.2, 0) is 9.84 Å². The molecule has 1 atom stereocenters. The summed E-state index contributed by atoms with van der Waals surface area (Å²) in [4.78, 5) is 11.2. The molecule has 6 nitrogen and oxygen atoms in total. The molecule has 0 spiro atoms. The first-order valence-electron chi connectivity index (χ1n) is 8.94. The molecular formula is C19H26N4O2S. The molecule has 0 radical (unpaired) electrons. The molecule has 7 heteroatoms. The molecular weight excluding hydrogens is 348 g/mol. The third-order valence-corrected chi connectivity index (χ3v) is 6.50. The topological polar surface area (TPSA) is 75.2 Å². The molecule has 0 bridgehead atoms. The highest BCUT2D eigenvalue weighted by atomic mass is 32.2. The average Bonchev–Trinajstić information content (AvgIpc) is 2.90. The Hall–Kier alpha value is -2.15. The summed E-state index contributed by atoms with van der Waals surface area (Å²) in [5.41, 5.74) is 4.16. The predicted molar refractivity (Wildman–Crippen MR) is 106 cm³/mol. The van der Waals surface area contributed by atoms with Crippen LogP contribution in [0, 0.1) is 20.8 Å². The Balaban J connectivity index is 1.89. The van der Waals surface area contributed by atoms with Gasteiger partial charge in [0.15, 0.2) is 9.84 Å².